The van der Waals surface area contributed by atoms with Gasteiger partial charge < -0.3 is 25.6 Å². The van der Waals surface area contributed by atoms with Crippen LogP contribution in [0.15, 0.2) is 47.5 Å². The molecule has 1 heterocycles. The summed E-state index contributed by atoms with van der Waals surface area (Å²) in [5.41, 5.74) is 4.19. The number of hydrogen-bond donors (Lipinski definition) is 3. The molecule has 2 aromatic rings. The summed E-state index contributed by atoms with van der Waals surface area (Å²) in [6.45, 7) is 8.92. The van der Waals surface area contributed by atoms with Gasteiger partial charge in [0.15, 0.2) is 5.96 Å². The molecule has 174 valence electrons. The predicted molar refractivity (Wildman–Crippen MR) is 142 cm³/mol. The average Bonchev–Trinajstić information content (AvgIpc) is 3.21. The van der Waals surface area contributed by atoms with Crippen molar-refractivity contribution >= 4 is 47.2 Å². The Kier molecular flexibility index (Phi) is 10.1. The van der Waals surface area contributed by atoms with E-state index in [0.29, 0.717) is 24.0 Å². The Bertz CT molecular complexity index is 917. The lowest BCUT2D eigenvalue weighted by molar-refractivity contribution is -0.114. The number of aryl methyl sites for hydroxylation is 1. The van der Waals surface area contributed by atoms with Gasteiger partial charge >= 0.3 is 0 Å². The van der Waals surface area contributed by atoms with Gasteiger partial charge in [0.1, 0.15) is 5.75 Å². The first-order valence-corrected chi connectivity index (χ1v) is 10.8. The number of methoxy groups -OCH3 is 1. The summed E-state index contributed by atoms with van der Waals surface area (Å²) >= 11 is 0. The predicted octanol–water partition coefficient (Wildman–Crippen LogP) is 3.91. The van der Waals surface area contributed by atoms with Gasteiger partial charge in [-0.05, 0) is 50.1 Å². The molecule has 0 radical (unpaired) electrons. The van der Waals surface area contributed by atoms with E-state index in [1.165, 1.54) is 18.2 Å². The Balaban J connectivity index is 0.00000363. The third kappa shape index (κ3) is 7.29. The largest absolute Gasteiger partial charge is 0.495 e. The Hall–Kier alpha value is -2.49. The summed E-state index contributed by atoms with van der Waals surface area (Å²) in [4.78, 5) is 18.6. The molecule has 1 saturated heterocycles. The third-order valence-electron chi connectivity index (χ3n) is 5.27. The number of benzene rings is 2. The van der Waals surface area contributed by atoms with Gasteiger partial charge in [-0.3, -0.25) is 4.79 Å². The van der Waals surface area contributed by atoms with Crippen LogP contribution in [0.4, 0.5) is 11.4 Å². The fraction of sp³-hybridized carbons (Fsp3) is 0.417. The second kappa shape index (κ2) is 12.5. The number of anilines is 2. The van der Waals surface area contributed by atoms with Crippen molar-refractivity contribution in [2.75, 3.05) is 37.0 Å². The van der Waals surface area contributed by atoms with E-state index in [1.807, 2.05) is 18.2 Å². The molecule has 2 aromatic carbocycles. The summed E-state index contributed by atoms with van der Waals surface area (Å²) in [5.74, 6) is 1.30. The van der Waals surface area contributed by atoms with Crippen LogP contribution in [-0.4, -0.2) is 44.7 Å². The Labute approximate surface area is 208 Å². The van der Waals surface area contributed by atoms with E-state index in [1.54, 1.807) is 7.11 Å². The number of nitrogens with zero attached hydrogens (tertiary/aromatic N) is 2. The van der Waals surface area contributed by atoms with Gasteiger partial charge in [0.25, 0.3) is 0 Å². The van der Waals surface area contributed by atoms with Crippen LogP contribution in [0.5, 0.6) is 5.75 Å². The van der Waals surface area contributed by atoms with Crippen LogP contribution in [0.25, 0.3) is 0 Å². The molecule has 0 bridgehead atoms. The van der Waals surface area contributed by atoms with E-state index in [-0.39, 0.29) is 29.9 Å². The van der Waals surface area contributed by atoms with Gasteiger partial charge in [-0.15, -0.1) is 24.0 Å². The van der Waals surface area contributed by atoms with Crippen molar-refractivity contribution in [3.8, 4) is 5.75 Å². The molecule has 1 amide bonds. The fourth-order valence-electron chi connectivity index (χ4n) is 3.69. The standard InChI is InChI=1S/C24H33N5O2.HI/c1-5-25-24(26-15-19-8-11-23(31-4)22(14-19)27-18(3)30)28-20-12-13-29(16-20)21-9-6-17(2)7-10-21;/h6-11,14,20H,5,12-13,15-16H2,1-4H3,(H,27,30)(H2,25,26,28);1H. The zero-order valence-corrected chi connectivity index (χ0v) is 21.6. The molecule has 32 heavy (non-hydrogen) atoms. The first kappa shape index (κ1) is 25.8. The highest BCUT2D eigenvalue weighted by Gasteiger charge is 2.23. The first-order valence-electron chi connectivity index (χ1n) is 10.8. The summed E-state index contributed by atoms with van der Waals surface area (Å²) in [5, 5.41) is 9.72. The van der Waals surface area contributed by atoms with Crippen LogP contribution in [0.3, 0.4) is 0 Å². The summed E-state index contributed by atoms with van der Waals surface area (Å²) in [6.07, 6.45) is 1.06. The normalized spacial score (nSPS) is 15.7. The van der Waals surface area contributed by atoms with E-state index in [2.05, 4.69) is 59.0 Å². The highest BCUT2D eigenvalue weighted by atomic mass is 127. The van der Waals surface area contributed by atoms with Crippen molar-refractivity contribution in [2.45, 2.75) is 39.8 Å². The van der Waals surface area contributed by atoms with Crippen LogP contribution >= 0.6 is 24.0 Å². The molecular weight excluding hydrogens is 517 g/mol. The van der Waals surface area contributed by atoms with E-state index in [0.717, 1.165) is 37.6 Å². The number of ether oxygens (including phenoxy) is 1. The molecule has 8 heteroatoms. The number of halogens is 1. The average molecular weight is 551 g/mol. The Morgan fingerprint density at radius 2 is 1.97 bits per heavy atom. The van der Waals surface area contributed by atoms with Crippen LogP contribution in [0.2, 0.25) is 0 Å². The molecule has 0 aromatic heterocycles. The number of amides is 1. The number of hydrogen-bond acceptors (Lipinski definition) is 4. The smallest absolute Gasteiger partial charge is 0.221 e. The second-order valence-corrected chi connectivity index (χ2v) is 7.82. The maximum absolute atomic E-state index is 11.5. The Morgan fingerprint density at radius 3 is 2.62 bits per heavy atom. The zero-order chi connectivity index (χ0) is 22.2. The zero-order valence-electron chi connectivity index (χ0n) is 19.3. The summed E-state index contributed by atoms with van der Waals surface area (Å²) in [7, 11) is 1.59. The van der Waals surface area contributed by atoms with Crippen molar-refractivity contribution in [3.63, 3.8) is 0 Å². The molecular formula is C24H34IN5O2. The molecule has 1 aliphatic rings. The lowest BCUT2D eigenvalue weighted by Gasteiger charge is -2.20. The topological polar surface area (TPSA) is 78.0 Å². The van der Waals surface area contributed by atoms with Crippen molar-refractivity contribution < 1.29 is 9.53 Å². The molecule has 3 rings (SSSR count). The first-order chi connectivity index (χ1) is 15.0. The molecule has 0 spiro atoms. The van der Waals surface area contributed by atoms with Gasteiger partial charge in [-0.1, -0.05) is 23.8 Å². The number of nitrogens with one attached hydrogen (secondary N) is 3. The van der Waals surface area contributed by atoms with E-state index in [4.69, 9.17) is 9.73 Å². The number of carbonyl (C=O) groups is 1. The monoisotopic (exact) mass is 551 g/mol. The van der Waals surface area contributed by atoms with Crippen LogP contribution < -0.4 is 25.6 Å². The third-order valence-corrected chi connectivity index (χ3v) is 5.27. The maximum atomic E-state index is 11.5. The number of aliphatic imine (C=N–C) groups is 1. The van der Waals surface area contributed by atoms with E-state index < -0.39 is 0 Å². The minimum atomic E-state index is -0.131. The number of rotatable bonds is 7. The lowest BCUT2D eigenvalue weighted by atomic mass is 10.2. The summed E-state index contributed by atoms with van der Waals surface area (Å²) < 4.78 is 5.33. The van der Waals surface area contributed by atoms with Crippen molar-refractivity contribution in [2.24, 2.45) is 4.99 Å². The van der Waals surface area contributed by atoms with Gasteiger partial charge in [-0.25, -0.2) is 4.99 Å². The van der Waals surface area contributed by atoms with Crippen LogP contribution in [0, 0.1) is 6.92 Å². The van der Waals surface area contributed by atoms with Crippen molar-refractivity contribution in [3.05, 3.63) is 53.6 Å². The van der Waals surface area contributed by atoms with Crippen molar-refractivity contribution in [1.29, 1.82) is 0 Å². The highest BCUT2D eigenvalue weighted by molar-refractivity contribution is 14.0. The van der Waals surface area contributed by atoms with Crippen LogP contribution in [-0.2, 0) is 11.3 Å². The van der Waals surface area contributed by atoms with Crippen molar-refractivity contribution in [1.82, 2.24) is 10.6 Å². The minimum Gasteiger partial charge on any atom is -0.495 e. The fourth-order valence-corrected chi connectivity index (χ4v) is 3.69. The highest BCUT2D eigenvalue weighted by Crippen LogP contribution is 2.26. The summed E-state index contributed by atoms with van der Waals surface area (Å²) in [6, 6.07) is 14.8. The SMILES string of the molecule is CCNC(=NCc1ccc(OC)c(NC(C)=O)c1)NC1CCN(c2ccc(C)cc2)C1.I. The molecule has 0 aliphatic carbocycles. The molecule has 3 N–H and O–H groups in total. The molecule has 1 atom stereocenters. The quantitative estimate of drug-likeness (QED) is 0.277. The van der Waals surface area contributed by atoms with Gasteiger partial charge in [0.2, 0.25) is 5.91 Å². The van der Waals surface area contributed by atoms with E-state index >= 15 is 0 Å². The maximum Gasteiger partial charge on any atom is 0.221 e. The van der Waals surface area contributed by atoms with Gasteiger partial charge in [0.05, 0.1) is 19.3 Å². The van der Waals surface area contributed by atoms with E-state index in [9.17, 15) is 4.79 Å². The molecule has 1 aliphatic heterocycles. The van der Waals surface area contributed by atoms with Crippen LogP contribution in [0.1, 0.15) is 31.4 Å². The minimum absolute atomic E-state index is 0. The number of guanidine groups is 1. The van der Waals surface area contributed by atoms with Gasteiger partial charge in [0, 0.05) is 38.3 Å². The second-order valence-electron chi connectivity index (χ2n) is 7.82. The number of carbonyl (C=O) groups excluding carboxylic acids is 1. The lowest BCUT2D eigenvalue weighted by Crippen LogP contribution is -2.44. The molecule has 0 saturated carbocycles. The molecule has 1 fully saturated rings. The molecule has 1 unspecified atom stereocenters. The Morgan fingerprint density at radius 1 is 1.22 bits per heavy atom. The molecule has 7 nitrogen and oxygen atoms in total. The van der Waals surface area contributed by atoms with Gasteiger partial charge in [-0.2, -0.15) is 0 Å².